The quantitative estimate of drug-likeness (QED) is 0.351. The molecule has 116 valence electrons. The fourth-order valence-electron chi connectivity index (χ4n) is 1.75. The van der Waals surface area contributed by atoms with Crippen LogP contribution in [0, 0.1) is 24.3 Å². The van der Waals surface area contributed by atoms with Gasteiger partial charge in [-0.15, -0.1) is 0 Å². The lowest BCUT2D eigenvalue weighted by Crippen LogP contribution is -2.14. The van der Waals surface area contributed by atoms with Gasteiger partial charge in [-0.05, 0) is 75.5 Å². The number of carbonyl (C=O) groups excluding carboxylic acids is 1. The van der Waals surface area contributed by atoms with E-state index in [1.54, 1.807) is 24.3 Å². The van der Waals surface area contributed by atoms with Crippen LogP contribution in [0.15, 0.2) is 42.0 Å². The third kappa shape index (κ3) is 4.42. The van der Waals surface area contributed by atoms with Gasteiger partial charge in [0.2, 0.25) is 0 Å². The lowest BCUT2D eigenvalue weighted by molar-refractivity contribution is -0.112. The highest BCUT2D eigenvalue weighted by atomic mass is 127. The molecule has 0 saturated carbocycles. The number of carbonyl (C=O) groups is 1. The van der Waals surface area contributed by atoms with E-state index in [1.807, 2.05) is 22.6 Å². The van der Waals surface area contributed by atoms with Crippen LogP contribution in [0.3, 0.4) is 0 Å². The molecular weight excluding hydrogens is 525 g/mol. The van der Waals surface area contributed by atoms with Gasteiger partial charge in [0.15, 0.2) is 0 Å². The molecule has 0 aliphatic rings. The molecule has 0 saturated heterocycles. The number of nitrogens with zero attached hydrogens (tertiary/aromatic N) is 1. The average molecular weight is 534 g/mol. The molecule has 2 rings (SSSR count). The maximum atomic E-state index is 13.6. The third-order valence-corrected chi connectivity index (χ3v) is 4.29. The zero-order chi connectivity index (χ0) is 17.0. The van der Waals surface area contributed by atoms with Crippen LogP contribution in [0.2, 0.25) is 0 Å². The van der Waals surface area contributed by atoms with Gasteiger partial charge in [-0.25, -0.2) is 4.39 Å². The fourth-order valence-corrected chi connectivity index (χ4v) is 3.64. The van der Waals surface area contributed by atoms with Crippen molar-refractivity contribution in [2.45, 2.75) is 0 Å². The van der Waals surface area contributed by atoms with Crippen LogP contribution in [-0.4, -0.2) is 11.0 Å². The summed E-state index contributed by atoms with van der Waals surface area (Å²) in [6.07, 6.45) is 1.27. The predicted octanol–water partition coefficient (Wildman–Crippen LogP) is 4.29. The predicted molar refractivity (Wildman–Crippen MR) is 102 cm³/mol. The summed E-state index contributed by atoms with van der Waals surface area (Å²) in [5, 5.41) is 21.5. The van der Waals surface area contributed by atoms with Gasteiger partial charge in [0.25, 0.3) is 5.91 Å². The number of halogens is 3. The summed E-state index contributed by atoms with van der Waals surface area (Å²) >= 11 is 4.03. The number of rotatable bonds is 3. The van der Waals surface area contributed by atoms with Crippen molar-refractivity contribution >= 4 is 62.9 Å². The van der Waals surface area contributed by atoms with E-state index in [-0.39, 0.29) is 17.0 Å². The van der Waals surface area contributed by atoms with Crippen LogP contribution in [0.1, 0.15) is 5.56 Å². The first-order valence-corrected chi connectivity index (χ1v) is 8.44. The first-order valence-electron chi connectivity index (χ1n) is 6.28. The molecule has 0 radical (unpaired) electrons. The number of phenolic OH excluding ortho intramolecular Hbond substituents is 1. The van der Waals surface area contributed by atoms with Crippen molar-refractivity contribution in [1.82, 2.24) is 0 Å². The lowest BCUT2D eigenvalue weighted by atomic mass is 10.1. The highest BCUT2D eigenvalue weighted by Crippen LogP contribution is 2.29. The van der Waals surface area contributed by atoms with E-state index in [2.05, 4.69) is 27.9 Å². The lowest BCUT2D eigenvalue weighted by Gasteiger charge is -2.07. The largest absolute Gasteiger partial charge is 0.506 e. The van der Waals surface area contributed by atoms with Crippen LogP contribution in [-0.2, 0) is 4.79 Å². The van der Waals surface area contributed by atoms with Crippen LogP contribution in [0.5, 0.6) is 5.75 Å². The van der Waals surface area contributed by atoms with Crippen molar-refractivity contribution in [3.8, 4) is 11.8 Å². The van der Waals surface area contributed by atoms with Crippen molar-refractivity contribution in [2.24, 2.45) is 0 Å². The summed E-state index contributed by atoms with van der Waals surface area (Å²) in [5.41, 5.74) is 0.1000. The highest BCUT2D eigenvalue weighted by molar-refractivity contribution is 14.1. The Morgan fingerprint density at radius 3 is 2.65 bits per heavy atom. The van der Waals surface area contributed by atoms with E-state index in [0.717, 1.165) is 3.57 Å². The van der Waals surface area contributed by atoms with E-state index >= 15 is 0 Å². The SMILES string of the molecule is N#C/C(=C\c1cc(I)cc(I)c1O)C(=O)Nc1ccccc1F. The minimum Gasteiger partial charge on any atom is -0.506 e. The Balaban J connectivity index is 2.35. The molecule has 23 heavy (non-hydrogen) atoms. The number of hydrogen-bond acceptors (Lipinski definition) is 3. The van der Waals surface area contributed by atoms with Crippen molar-refractivity contribution in [2.75, 3.05) is 5.32 Å². The second-order valence-electron chi connectivity index (χ2n) is 4.43. The maximum Gasteiger partial charge on any atom is 0.266 e. The van der Waals surface area contributed by atoms with E-state index < -0.39 is 11.7 Å². The van der Waals surface area contributed by atoms with Crippen molar-refractivity contribution in [3.63, 3.8) is 0 Å². The summed E-state index contributed by atoms with van der Waals surface area (Å²) in [6.45, 7) is 0. The minimum absolute atomic E-state index is 0.0138. The normalized spacial score (nSPS) is 11.0. The van der Waals surface area contributed by atoms with Gasteiger partial charge in [0.05, 0.1) is 9.26 Å². The van der Waals surface area contributed by atoms with E-state index in [4.69, 9.17) is 0 Å². The molecule has 0 aromatic heterocycles. The number of anilines is 1. The van der Waals surface area contributed by atoms with E-state index in [0.29, 0.717) is 9.13 Å². The average Bonchev–Trinajstić information content (AvgIpc) is 2.51. The van der Waals surface area contributed by atoms with Crippen LogP contribution in [0.25, 0.3) is 6.08 Å². The fraction of sp³-hybridized carbons (Fsp3) is 0. The topological polar surface area (TPSA) is 73.1 Å². The molecule has 2 N–H and O–H groups in total. The Bertz CT molecular complexity index is 844. The van der Waals surface area contributed by atoms with Crippen molar-refractivity contribution < 1.29 is 14.3 Å². The summed E-state index contributed by atoms with van der Waals surface area (Å²) < 4.78 is 15.0. The van der Waals surface area contributed by atoms with Crippen molar-refractivity contribution in [3.05, 3.63) is 60.5 Å². The Hall–Kier alpha value is -1.67. The number of amides is 1. The number of aromatic hydroxyl groups is 1. The second kappa shape index (κ2) is 7.74. The van der Waals surface area contributed by atoms with Crippen LogP contribution < -0.4 is 5.32 Å². The zero-order valence-corrected chi connectivity index (χ0v) is 15.8. The number of benzene rings is 2. The van der Waals surface area contributed by atoms with Gasteiger partial charge in [0.1, 0.15) is 23.2 Å². The molecule has 0 heterocycles. The molecule has 0 fully saturated rings. The molecule has 0 unspecified atom stereocenters. The molecule has 1 amide bonds. The first kappa shape index (κ1) is 17.7. The zero-order valence-electron chi connectivity index (χ0n) is 11.5. The number of phenols is 1. The number of hydrogen-bond donors (Lipinski definition) is 2. The smallest absolute Gasteiger partial charge is 0.266 e. The van der Waals surface area contributed by atoms with Gasteiger partial charge in [0, 0.05) is 9.13 Å². The molecule has 0 aliphatic heterocycles. The summed E-state index contributed by atoms with van der Waals surface area (Å²) in [5.74, 6) is -1.35. The second-order valence-corrected chi connectivity index (χ2v) is 6.84. The molecule has 0 aliphatic carbocycles. The highest BCUT2D eigenvalue weighted by Gasteiger charge is 2.14. The molecule has 7 heteroatoms. The van der Waals surface area contributed by atoms with Crippen molar-refractivity contribution in [1.29, 1.82) is 5.26 Å². The van der Waals surface area contributed by atoms with Gasteiger partial charge in [-0.1, -0.05) is 12.1 Å². The Kier molecular flexibility index (Phi) is 5.95. The van der Waals surface area contributed by atoms with Crippen LogP contribution >= 0.6 is 45.2 Å². The molecule has 0 spiro atoms. The third-order valence-electron chi connectivity index (χ3n) is 2.84. The van der Waals surface area contributed by atoms with E-state index in [9.17, 15) is 19.6 Å². The minimum atomic E-state index is -0.745. The Morgan fingerprint density at radius 1 is 1.30 bits per heavy atom. The maximum absolute atomic E-state index is 13.6. The molecule has 0 bridgehead atoms. The number of nitrogens with one attached hydrogen (secondary N) is 1. The monoisotopic (exact) mass is 534 g/mol. The molecule has 2 aromatic rings. The summed E-state index contributed by atoms with van der Waals surface area (Å²) in [4.78, 5) is 12.1. The van der Waals surface area contributed by atoms with Gasteiger partial charge >= 0.3 is 0 Å². The van der Waals surface area contributed by atoms with Gasteiger partial charge in [-0.2, -0.15) is 5.26 Å². The Morgan fingerprint density at radius 2 is 2.00 bits per heavy atom. The first-order chi connectivity index (χ1) is 10.9. The van der Waals surface area contributed by atoms with Crippen LogP contribution in [0.4, 0.5) is 10.1 Å². The molecular formula is C16H9FI2N2O2. The molecule has 0 atom stereocenters. The summed E-state index contributed by atoms with van der Waals surface area (Å²) in [6, 6.07) is 10.8. The van der Waals surface area contributed by atoms with E-state index in [1.165, 1.54) is 24.3 Å². The number of para-hydroxylation sites is 1. The standard InChI is InChI=1S/C16H9FI2N2O2/c17-12-3-1-2-4-14(12)21-16(23)10(8-20)5-9-6-11(18)7-13(19)15(9)22/h1-7,22H,(H,21,23)/b10-5+. The summed E-state index contributed by atoms with van der Waals surface area (Å²) in [7, 11) is 0. The van der Waals surface area contributed by atoms with Gasteiger partial charge in [-0.3, -0.25) is 4.79 Å². The molecule has 4 nitrogen and oxygen atoms in total. The molecule has 2 aromatic carbocycles. The number of nitriles is 1. The Labute approximate surface area is 159 Å². The van der Waals surface area contributed by atoms with Gasteiger partial charge < -0.3 is 10.4 Å².